The van der Waals surface area contributed by atoms with E-state index in [4.69, 9.17) is 0 Å². The highest BCUT2D eigenvalue weighted by Crippen LogP contribution is 2.19. The van der Waals surface area contributed by atoms with E-state index in [9.17, 15) is 9.59 Å². The van der Waals surface area contributed by atoms with Crippen molar-refractivity contribution in [3.63, 3.8) is 0 Å². The number of nitrogens with zero attached hydrogens (tertiary/aromatic N) is 1. The molecule has 1 aromatic rings. The molecule has 0 atom stereocenters. The lowest BCUT2D eigenvalue weighted by molar-refractivity contribution is -0.119. The predicted octanol–water partition coefficient (Wildman–Crippen LogP) is 3.34. The number of amides is 2. The van der Waals surface area contributed by atoms with Gasteiger partial charge >= 0.3 is 0 Å². The van der Waals surface area contributed by atoms with Gasteiger partial charge in [-0.15, -0.1) is 0 Å². The van der Waals surface area contributed by atoms with Gasteiger partial charge in [-0.1, -0.05) is 17.7 Å². The van der Waals surface area contributed by atoms with Gasteiger partial charge in [-0.05, 0) is 63.1 Å². The van der Waals surface area contributed by atoms with Crippen LogP contribution < -0.4 is 10.6 Å². The van der Waals surface area contributed by atoms with Crippen molar-refractivity contribution in [2.45, 2.75) is 44.9 Å². The summed E-state index contributed by atoms with van der Waals surface area (Å²) >= 11 is 0. The number of nitrogens with one attached hydrogen (secondary N) is 2. The summed E-state index contributed by atoms with van der Waals surface area (Å²) in [5.41, 5.74) is 2.96. The van der Waals surface area contributed by atoms with Crippen molar-refractivity contribution in [3.05, 3.63) is 41.5 Å². The van der Waals surface area contributed by atoms with Crippen LogP contribution in [0.2, 0.25) is 0 Å². The van der Waals surface area contributed by atoms with Gasteiger partial charge in [0.25, 0.3) is 5.91 Å². The molecule has 2 aliphatic rings. The molecule has 3 rings (SSSR count). The second kappa shape index (κ2) is 9.41. The largest absolute Gasteiger partial charge is 0.376 e. The van der Waals surface area contributed by atoms with E-state index in [0.717, 1.165) is 38.0 Å². The zero-order valence-electron chi connectivity index (χ0n) is 15.4. The number of likely N-dealkylation sites (tertiary alicyclic amines) is 1. The van der Waals surface area contributed by atoms with E-state index >= 15 is 0 Å². The minimum atomic E-state index is -0.0160. The fraction of sp³-hybridized carbons (Fsp3) is 0.524. The summed E-state index contributed by atoms with van der Waals surface area (Å²) < 4.78 is 0. The molecule has 1 aliphatic carbocycles. The van der Waals surface area contributed by atoms with Gasteiger partial charge in [0.2, 0.25) is 5.91 Å². The first-order valence-corrected chi connectivity index (χ1v) is 9.80. The van der Waals surface area contributed by atoms with Gasteiger partial charge < -0.3 is 15.5 Å². The summed E-state index contributed by atoms with van der Waals surface area (Å²) in [6.07, 6.45) is 10.3. The average Bonchev–Trinajstić information content (AvgIpc) is 3.22. The Labute approximate surface area is 155 Å². The first-order valence-electron chi connectivity index (χ1n) is 9.80. The van der Waals surface area contributed by atoms with E-state index in [-0.39, 0.29) is 18.4 Å². The molecule has 1 aromatic carbocycles. The van der Waals surface area contributed by atoms with Crippen LogP contribution in [0.1, 0.15) is 55.3 Å². The third-order valence-corrected chi connectivity index (χ3v) is 5.11. The fourth-order valence-corrected chi connectivity index (χ4v) is 3.60. The second-order valence-corrected chi connectivity index (χ2v) is 7.14. The molecule has 5 nitrogen and oxygen atoms in total. The molecule has 0 aromatic heterocycles. The van der Waals surface area contributed by atoms with Crippen LogP contribution in [-0.2, 0) is 4.79 Å². The summed E-state index contributed by atoms with van der Waals surface area (Å²) in [7, 11) is 0. The minimum absolute atomic E-state index is 0.0160. The molecule has 1 fully saturated rings. The molecule has 140 valence electrons. The van der Waals surface area contributed by atoms with Gasteiger partial charge in [-0.25, -0.2) is 0 Å². The maximum absolute atomic E-state index is 12.4. The maximum atomic E-state index is 12.4. The van der Waals surface area contributed by atoms with Gasteiger partial charge in [-0.2, -0.15) is 0 Å². The van der Waals surface area contributed by atoms with Crippen molar-refractivity contribution < 1.29 is 9.59 Å². The molecule has 5 heteroatoms. The van der Waals surface area contributed by atoms with Crippen molar-refractivity contribution in [2.24, 2.45) is 0 Å². The van der Waals surface area contributed by atoms with Crippen LogP contribution in [0.5, 0.6) is 0 Å². The zero-order chi connectivity index (χ0) is 18.2. The highest BCUT2D eigenvalue weighted by atomic mass is 16.2. The monoisotopic (exact) mass is 355 g/mol. The molecule has 0 saturated carbocycles. The Morgan fingerprint density at radius 2 is 1.92 bits per heavy atom. The number of rotatable bonds is 7. The highest BCUT2D eigenvalue weighted by Gasteiger charge is 2.19. The van der Waals surface area contributed by atoms with Crippen LogP contribution in [0, 0.1) is 0 Å². The first kappa shape index (κ1) is 18.5. The van der Waals surface area contributed by atoms with Crippen molar-refractivity contribution >= 4 is 17.5 Å². The molecule has 0 spiro atoms. The fourth-order valence-electron chi connectivity index (χ4n) is 3.60. The van der Waals surface area contributed by atoms with E-state index in [2.05, 4.69) is 16.7 Å². The van der Waals surface area contributed by atoms with Gasteiger partial charge in [0, 0.05) is 30.9 Å². The van der Waals surface area contributed by atoms with Crippen LogP contribution in [0.25, 0.3) is 0 Å². The minimum Gasteiger partial charge on any atom is -0.376 e. The van der Waals surface area contributed by atoms with Gasteiger partial charge in [0.1, 0.15) is 0 Å². The standard InChI is InChI=1S/C21H29N3O2/c25-20(22-12-11-17-7-2-1-3-8-17)16-23-19-10-6-9-18(15-19)21(26)24-13-4-5-14-24/h6-7,9-10,15,23H,1-5,8,11-14,16H2,(H,22,25). The summed E-state index contributed by atoms with van der Waals surface area (Å²) in [5, 5.41) is 6.09. The number of carbonyl (C=O) groups excluding carboxylic acids is 2. The van der Waals surface area contributed by atoms with Crippen LogP contribution in [0.4, 0.5) is 5.69 Å². The Hall–Kier alpha value is -2.30. The summed E-state index contributed by atoms with van der Waals surface area (Å²) in [6.45, 7) is 2.60. The average molecular weight is 355 g/mol. The number of hydrogen-bond acceptors (Lipinski definition) is 3. The van der Waals surface area contributed by atoms with E-state index in [1.807, 2.05) is 29.2 Å². The van der Waals surface area contributed by atoms with Crippen LogP contribution >= 0.6 is 0 Å². The highest BCUT2D eigenvalue weighted by molar-refractivity contribution is 5.95. The van der Waals surface area contributed by atoms with Crippen LogP contribution in [-0.4, -0.2) is 42.9 Å². The molecular weight excluding hydrogens is 326 g/mol. The predicted molar refractivity (Wildman–Crippen MR) is 104 cm³/mol. The number of allylic oxidation sites excluding steroid dienone is 1. The maximum Gasteiger partial charge on any atom is 0.253 e. The van der Waals surface area contributed by atoms with Crippen LogP contribution in [0.3, 0.4) is 0 Å². The Morgan fingerprint density at radius 1 is 1.08 bits per heavy atom. The van der Waals surface area contributed by atoms with E-state index in [0.29, 0.717) is 12.1 Å². The summed E-state index contributed by atoms with van der Waals surface area (Å²) in [5.74, 6) is 0.0639. The van der Waals surface area contributed by atoms with Gasteiger partial charge in [-0.3, -0.25) is 9.59 Å². The number of benzene rings is 1. The van der Waals surface area contributed by atoms with E-state index in [1.165, 1.54) is 31.3 Å². The van der Waals surface area contributed by atoms with Crippen molar-refractivity contribution in [1.82, 2.24) is 10.2 Å². The molecule has 1 aliphatic heterocycles. The van der Waals surface area contributed by atoms with Crippen molar-refractivity contribution in [3.8, 4) is 0 Å². The summed E-state index contributed by atoms with van der Waals surface area (Å²) in [6, 6.07) is 7.42. The van der Waals surface area contributed by atoms with Gasteiger partial charge in [0.05, 0.1) is 6.54 Å². The van der Waals surface area contributed by atoms with Crippen molar-refractivity contribution in [2.75, 3.05) is 31.5 Å². The topological polar surface area (TPSA) is 61.4 Å². The number of hydrogen-bond donors (Lipinski definition) is 2. The molecule has 26 heavy (non-hydrogen) atoms. The molecule has 0 radical (unpaired) electrons. The quantitative estimate of drug-likeness (QED) is 0.738. The Balaban J connectivity index is 1.42. The molecule has 2 N–H and O–H groups in total. The molecule has 1 saturated heterocycles. The molecule has 1 heterocycles. The molecule has 0 unspecified atom stereocenters. The third-order valence-electron chi connectivity index (χ3n) is 5.11. The summed E-state index contributed by atoms with van der Waals surface area (Å²) in [4.78, 5) is 26.4. The third kappa shape index (κ3) is 5.35. The smallest absolute Gasteiger partial charge is 0.253 e. The lowest BCUT2D eigenvalue weighted by atomic mass is 9.97. The second-order valence-electron chi connectivity index (χ2n) is 7.14. The van der Waals surface area contributed by atoms with Crippen LogP contribution in [0.15, 0.2) is 35.9 Å². The van der Waals surface area contributed by atoms with E-state index in [1.54, 1.807) is 0 Å². The van der Waals surface area contributed by atoms with Gasteiger partial charge in [0.15, 0.2) is 0 Å². The zero-order valence-corrected chi connectivity index (χ0v) is 15.4. The van der Waals surface area contributed by atoms with Crippen molar-refractivity contribution in [1.29, 1.82) is 0 Å². The van der Waals surface area contributed by atoms with E-state index < -0.39 is 0 Å². The number of anilines is 1. The molecule has 2 amide bonds. The normalized spacial score (nSPS) is 16.9. The Kier molecular flexibility index (Phi) is 6.69. The lowest BCUT2D eigenvalue weighted by Gasteiger charge is -2.16. The molecule has 0 bridgehead atoms. The molecular formula is C21H29N3O2. The Morgan fingerprint density at radius 3 is 2.69 bits per heavy atom. The SMILES string of the molecule is O=C(CNc1cccc(C(=O)N2CCCC2)c1)NCCC1=CCCCC1. The lowest BCUT2D eigenvalue weighted by Crippen LogP contribution is -2.31. The Bertz CT molecular complexity index is 663. The first-order chi connectivity index (χ1) is 12.7. The number of carbonyl (C=O) groups is 2.